The molecule has 12 heavy (non-hydrogen) atoms. The Bertz CT molecular complexity index is 179. The van der Waals surface area contributed by atoms with Gasteiger partial charge in [-0.3, -0.25) is 0 Å². The summed E-state index contributed by atoms with van der Waals surface area (Å²) in [5.74, 6) is -1.04. The molecule has 0 aromatic rings. The fraction of sp³-hybridized carbons (Fsp3) is 0.833. The normalized spacial score (nSPS) is 42.5. The summed E-state index contributed by atoms with van der Waals surface area (Å²) in [6.45, 7) is -0.587. The van der Waals surface area contributed by atoms with E-state index in [2.05, 4.69) is 4.74 Å². The van der Waals surface area contributed by atoms with Gasteiger partial charge in [-0.2, -0.15) is 0 Å². The van der Waals surface area contributed by atoms with Gasteiger partial charge in [-0.25, -0.2) is 4.79 Å². The van der Waals surface area contributed by atoms with E-state index in [4.69, 9.17) is 20.4 Å². The highest BCUT2D eigenvalue weighted by molar-refractivity contribution is 5.76. The van der Waals surface area contributed by atoms with Crippen LogP contribution < -0.4 is 0 Å². The SMILES string of the molecule is O=[13C]1O[C@H](CO)[C@@H](O)[C@H](O)[C@H]1O. The Morgan fingerprint density at radius 3 is 2.33 bits per heavy atom. The Morgan fingerprint density at radius 2 is 1.83 bits per heavy atom. The molecule has 4 N–H and O–H groups in total. The van der Waals surface area contributed by atoms with E-state index in [-0.39, 0.29) is 0 Å². The average Bonchev–Trinajstić information content (AvgIpc) is 2.08. The Labute approximate surface area is 68.0 Å². The number of rotatable bonds is 1. The summed E-state index contributed by atoms with van der Waals surface area (Å²) in [4.78, 5) is 10.7. The molecule has 4 atom stereocenters. The maximum absolute atomic E-state index is 10.7. The van der Waals surface area contributed by atoms with Crippen molar-refractivity contribution in [3.63, 3.8) is 0 Å². The van der Waals surface area contributed by atoms with Crippen molar-refractivity contribution in [2.24, 2.45) is 0 Å². The molecule has 1 aliphatic rings. The third-order valence-corrected chi connectivity index (χ3v) is 1.74. The van der Waals surface area contributed by atoms with Crippen molar-refractivity contribution in [3.8, 4) is 0 Å². The van der Waals surface area contributed by atoms with Crippen LogP contribution in [0.3, 0.4) is 0 Å². The smallest absolute Gasteiger partial charge is 0.338 e. The Hall–Kier alpha value is -0.690. The van der Waals surface area contributed by atoms with E-state index < -0.39 is 37.0 Å². The lowest BCUT2D eigenvalue weighted by Gasteiger charge is -2.32. The van der Waals surface area contributed by atoms with Crippen LogP contribution in [0.4, 0.5) is 0 Å². The Balaban J connectivity index is 2.70. The Kier molecular flexibility index (Phi) is 2.63. The van der Waals surface area contributed by atoms with Crippen LogP contribution >= 0.6 is 0 Å². The lowest BCUT2D eigenvalue weighted by atomic mass is 10.0. The fourth-order valence-corrected chi connectivity index (χ4v) is 0.980. The minimum Gasteiger partial charge on any atom is -0.455 e. The second kappa shape index (κ2) is 3.36. The van der Waals surface area contributed by atoms with E-state index in [0.717, 1.165) is 0 Å². The molecule has 1 fully saturated rings. The molecule has 0 aromatic carbocycles. The highest BCUT2D eigenvalue weighted by Gasteiger charge is 2.43. The van der Waals surface area contributed by atoms with Gasteiger partial charge in [0.2, 0.25) is 0 Å². The number of aliphatic hydroxyl groups excluding tert-OH is 4. The van der Waals surface area contributed by atoms with E-state index in [1.165, 1.54) is 0 Å². The van der Waals surface area contributed by atoms with Gasteiger partial charge in [0.25, 0.3) is 0 Å². The van der Waals surface area contributed by atoms with E-state index in [1.807, 2.05) is 0 Å². The zero-order valence-corrected chi connectivity index (χ0v) is 6.12. The molecule has 0 aliphatic carbocycles. The summed E-state index contributed by atoms with van der Waals surface area (Å²) < 4.78 is 4.38. The van der Waals surface area contributed by atoms with Gasteiger partial charge in [-0.1, -0.05) is 0 Å². The van der Waals surface area contributed by atoms with Crippen molar-refractivity contribution in [2.75, 3.05) is 6.61 Å². The van der Waals surface area contributed by atoms with Gasteiger partial charge in [0.05, 0.1) is 6.61 Å². The van der Waals surface area contributed by atoms with Crippen LogP contribution in [-0.2, 0) is 9.53 Å². The molecule has 1 heterocycles. The summed E-state index contributed by atoms with van der Waals surface area (Å²) in [7, 11) is 0. The molecule has 1 saturated heterocycles. The highest BCUT2D eigenvalue weighted by atomic mass is 16.7. The maximum Gasteiger partial charge on any atom is 0.338 e. The molecule has 0 spiro atoms. The number of aliphatic hydroxyl groups is 4. The van der Waals surface area contributed by atoms with Gasteiger partial charge < -0.3 is 25.2 Å². The second-order valence-corrected chi connectivity index (χ2v) is 2.58. The quantitative estimate of drug-likeness (QED) is 0.252. The van der Waals surface area contributed by atoms with Gasteiger partial charge in [0.1, 0.15) is 12.2 Å². The van der Waals surface area contributed by atoms with E-state index >= 15 is 0 Å². The number of hydrogen-bond donors (Lipinski definition) is 4. The number of esters is 1. The molecule has 1 rings (SSSR count). The first-order valence-electron chi connectivity index (χ1n) is 3.43. The second-order valence-electron chi connectivity index (χ2n) is 2.58. The number of hydrogen-bond acceptors (Lipinski definition) is 6. The number of ether oxygens (including phenoxy) is 1. The molecular formula is C6H10O6. The van der Waals surface area contributed by atoms with Gasteiger partial charge in [0, 0.05) is 0 Å². The minimum absolute atomic E-state index is 0.587. The molecule has 1 aliphatic heterocycles. The van der Waals surface area contributed by atoms with Crippen molar-refractivity contribution in [2.45, 2.75) is 24.4 Å². The minimum atomic E-state index is -1.73. The number of carbonyl (C=O) groups is 1. The first-order chi connectivity index (χ1) is 5.57. The molecule has 6 heteroatoms. The average molecular weight is 179 g/mol. The predicted octanol–water partition coefficient (Wildman–Crippen LogP) is -3.01. The van der Waals surface area contributed by atoms with Crippen molar-refractivity contribution >= 4 is 5.97 Å². The maximum atomic E-state index is 10.7. The van der Waals surface area contributed by atoms with Crippen LogP contribution in [0.2, 0.25) is 0 Å². The molecule has 0 saturated carbocycles. The van der Waals surface area contributed by atoms with E-state index in [9.17, 15) is 4.79 Å². The molecule has 6 nitrogen and oxygen atoms in total. The molecule has 0 aromatic heterocycles. The molecule has 0 amide bonds. The standard InChI is InChI=1S/C6H10O6/c7-1-2-3(8)4(9)5(10)6(11)12-2/h2-5,7-10H,1H2/t2-,3-,4+,5-/m1/s1/i6+1. The zero-order chi connectivity index (χ0) is 9.30. The third kappa shape index (κ3) is 1.42. The first-order valence-corrected chi connectivity index (χ1v) is 3.43. The van der Waals surface area contributed by atoms with Crippen LogP contribution in [-0.4, -0.2) is 57.4 Å². The molecule has 0 unspecified atom stereocenters. The van der Waals surface area contributed by atoms with Crippen molar-refractivity contribution in [1.82, 2.24) is 0 Å². The monoisotopic (exact) mass is 179 g/mol. The zero-order valence-electron chi connectivity index (χ0n) is 6.12. The highest BCUT2D eigenvalue weighted by Crippen LogP contribution is 2.15. The van der Waals surface area contributed by atoms with Crippen LogP contribution in [0.25, 0.3) is 0 Å². The van der Waals surface area contributed by atoms with Crippen LogP contribution in [0.15, 0.2) is 0 Å². The lowest BCUT2D eigenvalue weighted by molar-refractivity contribution is -0.206. The number of carbonyl (C=O) groups excluding carboxylic acids is 1. The summed E-state index contributed by atoms with van der Waals surface area (Å²) >= 11 is 0. The predicted molar refractivity (Wildman–Crippen MR) is 35.0 cm³/mol. The third-order valence-electron chi connectivity index (χ3n) is 1.74. The largest absolute Gasteiger partial charge is 0.455 e. The Morgan fingerprint density at radius 1 is 1.25 bits per heavy atom. The van der Waals surface area contributed by atoms with Gasteiger partial charge in [-0.05, 0) is 0 Å². The lowest BCUT2D eigenvalue weighted by Crippen LogP contribution is -2.56. The summed E-state index contributed by atoms with van der Waals surface area (Å²) in [5, 5.41) is 35.5. The topological polar surface area (TPSA) is 107 Å². The first kappa shape index (κ1) is 9.40. The fourth-order valence-electron chi connectivity index (χ4n) is 0.980. The molecule has 0 radical (unpaired) electrons. The molecular weight excluding hydrogens is 169 g/mol. The van der Waals surface area contributed by atoms with Crippen molar-refractivity contribution in [1.29, 1.82) is 0 Å². The van der Waals surface area contributed by atoms with Crippen molar-refractivity contribution in [3.05, 3.63) is 0 Å². The summed E-state index contributed by atoms with van der Waals surface area (Å²) in [6.07, 6.45) is -5.93. The summed E-state index contributed by atoms with van der Waals surface area (Å²) in [6, 6.07) is 0. The van der Waals surface area contributed by atoms with Crippen molar-refractivity contribution < 1.29 is 30.0 Å². The van der Waals surface area contributed by atoms with Gasteiger partial charge >= 0.3 is 5.97 Å². The van der Waals surface area contributed by atoms with Crippen LogP contribution in [0, 0.1) is 0 Å². The van der Waals surface area contributed by atoms with E-state index in [0.29, 0.717) is 0 Å². The van der Waals surface area contributed by atoms with Crippen LogP contribution in [0.5, 0.6) is 0 Å². The number of cyclic esters (lactones) is 1. The molecule has 70 valence electrons. The van der Waals surface area contributed by atoms with Gasteiger partial charge in [-0.15, -0.1) is 0 Å². The molecule has 0 bridgehead atoms. The van der Waals surface area contributed by atoms with E-state index in [1.54, 1.807) is 0 Å². The van der Waals surface area contributed by atoms with Gasteiger partial charge in [0.15, 0.2) is 12.2 Å². The summed E-state index contributed by atoms with van der Waals surface area (Å²) in [5.41, 5.74) is 0. The van der Waals surface area contributed by atoms with Crippen LogP contribution in [0.1, 0.15) is 0 Å².